The Hall–Kier alpha value is -4.47. The SMILES string of the molecule is CNc1ncc(-c2ccc3ncc4[nH]c(=O)n(-c5ccc(OC)nc5OC)c4c3c2)cn1. The number of aromatic nitrogens is 6. The van der Waals surface area contributed by atoms with Gasteiger partial charge in [-0.3, -0.25) is 9.55 Å². The molecule has 0 radical (unpaired) electrons. The molecular weight excluding hydrogens is 410 g/mol. The second-order valence-corrected chi connectivity index (χ2v) is 6.95. The number of fused-ring (bicyclic) bond motifs is 3. The normalized spacial score (nSPS) is 11.1. The predicted molar refractivity (Wildman–Crippen MR) is 121 cm³/mol. The second kappa shape index (κ2) is 7.65. The number of nitrogens with one attached hydrogen (secondary N) is 2. The first-order valence-electron chi connectivity index (χ1n) is 9.76. The molecule has 32 heavy (non-hydrogen) atoms. The fraction of sp³-hybridized carbons (Fsp3) is 0.136. The summed E-state index contributed by atoms with van der Waals surface area (Å²) in [5.74, 6) is 1.19. The van der Waals surface area contributed by atoms with Crippen molar-refractivity contribution in [2.24, 2.45) is 0 Å². The highest BCUT2D eigenvalue weighted by Gasteiger charge is 2.18. The standard InChI is InChI=1S/C22H19N7O3/c1-23-21-25-9-13(10-26-21)12-4-5-15-14(8-12)19-16(11-24-15)27-22(30)29(19)17-6-7-18(31-2)28-20(17)32-3/h4-11H,1-3H3,(H,27,30)(H,23,25,26). The van der Waals surface area contributed by atoms with Crippen LogP contribution in [0, 0.1) is 0 Å². The van der Waals surface area contributed by atoms with Crippen LogP contribution in [0.1, 0.15) is 0 Å². The van der Waals surface area contributed by atoms with Crippen LogP contribution in [0.5, 0.6) is 11.8 Å². The zero-order valence-corrected chi connectivity index (χ0v) is 17.6. The molecule has 0 bridgehead atoms. The molecule has 5 rings (SSSR count). The van der Waals surface area contributed by atoms with Gasteiger partial charge in [0.15, 0.2) is 0 Å². The molecule has 160 valence electrons. The largest absolute Gasteiger partial charge is 0.481 e. The summed E-state index contributed by atoms with van der Waals surface area (Å²) in [6.07, 6.45) is 5.13. The highest BCUT2D eigenvalue weighted by Crippen LogP contribution is 2.31. The molecule has 0 aliphatic rings. The van der Waals surface area contributed by atoms with E-state index in [4.69, 9.17) is 9.47 Å². The summed E-state index contributed by atoms with van der Waals surface area (Å²) in [6.45, 7) is 0. The number of methoxy groups -OCH3 is 2. The van der Waals surface area contributed by atoms with Gasteiger partial charge >= 0.3 is 5.69 Å². The van der Waals surface area contributed by atoms with Crippen molar-refractivity contribution in [3.8, 4) is 28.6 Å². The maximum atomic E-state index is 13.0. The van der Waals surface area contributed by atoms with Crippen molar-refractivity contribution in [3.63, 3.8) is 0 Å². The van der Waals surface area contributed by atoms with Gasteiger partial charge in [-0.1, -0.05) is 6.07 Å². The van der Waals surface area contributed by atoms with Gasteiger partial charge in [-0.2, -0.15) is 4.98 Å². The molecule has 0 amide bonds. The third-order valence-electron chi connectivity index (χ3n) is 5.17. The van der Waals surface area contributed by atoms with Crippen molar-refractivity contribution in [2.75, 3.05) is 26.6 Å². The maximum absolute atomic E-state index is 13.0. The Balaban J connectivity index is 1.78. The highest BCUT2D eigenvalue weighted by atomic mass is 16.5. The molecule has 2 N–H and O–H groups in total. The smallest absolute Gasteiger partial charge is 0.331 e. The van der Waals surface area contributed by atoms with Gasteiger partial charge in [0.05, 0.1) is 37.0 Å². The second-order valence-electron chi connectivity index (χ2n) is 6.95. The third kappa shape index (κ3) is 3.09. The van der Waals surface area contributed by atoms with Crippen molar-refractivity contribution in [3.05, 3.63) is 59.4 Å². The molecule has 10 nitrogen and oxygen atoms in total. The zero-order chi connectivity index (χ0) is 22.2. The van der Waals surface area contributed by atoms with E-state index in [2.05, 4.69) is 30.2 Å². The first-order chi connectivity index (χ1) is 15.6. The Kier molecular flexibility index (Phi) is 4.66. The van der Waals surface area contributed by atoms with Gasteiger partial charge in [-0.05, 0) is 23.8 Å². The van der Waals surface area contributed by atoms with Gasteiger partial charge in [-0.15, -0.1) is 0 Å². The molecule has 0 saturated carbocycles. The van der Waals surface area contributed by atoms with Crippen LogP contribution < -0.4 is 20.5 Å². The van der Waals surface area contributed by atoms with Gasteiger partial charge in [0.2, 0.25) is 17.7 Å². The average molecular weight is 429 g/mol. The molecule has 0 atom stereocenters. The van der Waals surface area contributed by atoms with Crippen LogP contribution >= 0.6 is 0 Å². The Morgan fingerprint density at radius 2 is 1.78 bits per heavy atom. The number of pyridine rings is 2. The molecule has 4 heterocycles. The lowest BCUT2D eigenvalue weighted by Crippen LogP contribution is -2.16. The number of imidazole rings is 1. The topological polar surface area (TPSA) is 120 Å². The highest BCUT2D eigenvalue weighted by molar-refractivity contribution is 6.04. The first kappa shape index (κ1) is 19.5. The van der Waals surface area contributed by atoms with Crippen LogP contribution in [-0.2, 0) is 0 Å². The third-order valence-corrected chi connectivity index (χ3v) is 5.17. The molecule has 5 aromatic rings. The van der Waals surface area contributed by atoms with Crippen LogP contribution in [-0.4, -0.2) is 50.8 Å². The summed E-state index contributed by atoms with van der Waals surface area (Å²) in [6, 6.07) is 9.24. The maximum Gasteiger partial charge on any atom is 0.331 e. The van der Waals surface area contributed by atoms with Crippen LogP contribution in [0.3, 0.4) is 0 Å². The molecule has 10 heteroatoms. The fourth-order valence-electron chi connectivity index (χ4n) is 3.65. The van der Waals surface area contributed by atoms with E-state index in [1.54, 1.807) is 37.8 Å². The molecule has 0 unspecified atom stereocenters. The number of H-pyrrole nitrogens is 1. The van der Waals surface area contributed by atoms with E-state index in [1.807, 2.05) is 18.2 Å². The Morgan fingerprint density at radius 3 is 2.50 bits per heavy atom. The molecule has 0 saturated heterocycles. The van der Waals surface area contributed by atoms with E-state index in [9.17, 15) is 4.79 Å². The lowest BCUT2D eigenvalue weighted by atomic mass is 10.1. The summed E-state index contributed by atoms with van der Waals surface area (Å²) < 4.78 is 12.2. The lowest BCUT2D eigenvalue weighted by molar-refractivity contribution is 0.363. The Labute approximate surface area is 181 Å². The van der Waals surface area contributed by atoms with Gasteiger partial charge in [0.1, 0.15) is 5.69 Å². The predicted octanol–water partition coefficient (Wildman–Crippen LogP) is 2.78. The summed E-state index contributed by atoms with van der Waals surface area (Å²) >= 11 is 0. The molecule has 0 aliphatic heterocycles. The van der Waals surface area contributed by atoms with Gasteiger partial charge in [-0.25, -0.2) is 14.8 Å². The molecule has 0 aliphatic carbocycles. The Bertz CT molecular complexity index is 1510. The van der Waals surface area contributed by atoms with Crippen LogP contribution in [0.4, 0.5) is 5.95 Å². The number of nitrogens with zero attached hydrogens (tertiary/aromatic N) is 5. The van der Waals surface area contributed by atoms with E-state index in [0.29, 0.717) is 28.5 Å². The average Bonchev–Trinajstić information content (AvgIpc) is 3.19. The lowest BCUT2D eigenvalue weighted by Gasteiger charge is -2.11. The number of ether oxygens (including phenoxy) is 2. The van der Waals surface area contributed by atoms with Gasteiger partial charge in [0, 0.05) is 36.5 Å². The molecule has 0 spiro atoms. The van der Waals surface area contributed by atoms with E-state index < -0.39 is 0 Å². The first-order valence-corrected chi connectivity index (χ1v) is 9.76. The molecule has 1 aromatic carbocycles. The Morgan fingerprint density at radius 1 is 0.969 bits per heavy atom. The quantitative estimate of drug-likeness (QED) is 0.438. The van der Waals surface area contributed by atoms with Crippen LogP contribution in [0.25, 0.3) is 38.8 Å². The summed E-state index contributed by atoms with van der Waals surface area (Å²) in [5.41, 5.74) is 3.91. The van der Waals surface area contributed by atoms with Gasteiger partial charge in [0.25, 0.3) is 0 Å². The van der Waals surface area contributed by atoms with Crippen molar-refractivity contribution in [2.45, 2.75) is 0 Å². The zero-order valence-electron chi connectivity index (χ0n) is 17.6. The molecule has 4 aromatic heterocycles. The van der Waals surface area contributed by atoms with Crippen LogP contribution in [0.2, 0.25) is 0 Å². The summed E-state index contributed by atoms with van der Waals surface area (Å²) in [4.78, 5) is 33.2. The van der Waals surface area contributed by atoms with E-state index in [1.165, 1.54) is 18.8 Å². The van der Waals surface area contributed by atoms with Gasteiger partial charge < -0.3 is 19.8 Å². The van der Waals surface area contributed by atoms with E-state index in [-0.39, 0.29) is 11.6 Å². The number of hydrogen-bond acceptors (Lipinski definition) is 8. The summed E-state index contributed by atoms with van der Waals surface area (Å²) in [7, 11) is 4.78. The minimum Gasteiger partial charge on any atom is -0.481 e. The number of rotatable bonds is 5. The number of hydrogen-bond donors (Lipinski definition) is 2. The van der Waals surface area contributed by atoms with Crippen molar-refractivity contribution < 1.29 is 9.47 Å². The van der Waals surface area contributed by atoms with Crippen molar-refractivity contribution in [1.29, 1.82) is 0 Å². The molecule has 0 fully saturated rings. The van der Waals surface area contributed by atoms with Crippen LogP contribution in [0.15, 0.2) is 53.7 Å². The minimum atomic E-state index is -0.327. The van der Waals surface area contributed by atoms with E-state index in [0.717, 1.165) is 22.0 Å². The monoisotopic (exact) mass is 429 g/mol. The van der Waals surface area contributed by atoms with Crippen molar-refractivity contribution in [1.82, 2.24) is 29.5 Å². The molecular formula is C22H19N7O3. The minimum absolute atomic E-state index is 0.268. The summed E-state index contributed by atoms with van der Waals surface area (Å²) in [5, 5.41) is 3.69. The van der Waals surface area contributed by atoms with E-state index >= 15 is 0 Å². The number of anilines is 1. The van der Waals surface area contributed by atoms with Crippen molar-refractivity contribution >= 4 is 27.9 Å². The number of benzene rings is 1. The number of aromatic amines is 1. The fourth-order valence-corrected chi connectivity index (χ4v) is 3.65.